The number of nitrogens with two attached hydrogens (primary N) is 1. The lowest BCUT2D eigenvalue weighted by Gasteiger charge is -2.34. The molecule has 0 aromatic carbocycles. The third-order valence-electron chi connectivity index (χ3n) is 3.88. The van der Waals surface area contributed by atoms with Crippen LogP contribution in [0, 0.1) is 0 Å². The number of nitrogen functional groups attached to an aromatic ring is 1. The maximum atomic E-state index is 12.5. The van der Waals surface area contributed by atoms with Gasteiger partial charge >= 0.3 is 0 Å². The van der Waals surface area contributed by atoms with Crippen molar-refractivity contribution in [2.24, 2.45) is 0 Å². The summed E-state index contributed by atoms with van der Waals surface area (Å²) in [5, 5.41) is 0.780. The van der Waals surface area contributed by atoms with Crippen molar-refractivity contribution in [2.45, 2.75) is 18.9 Å². The Labute approximate surface area is 123 Å². The van der Waals surface area contributed by atoms with Crippen LogP contribution in [-0.4, -0.2) is 67.0 Å². The maximum Gasteiger partial charge on any atom is 0.267 e. The Balaban J connectivity index is 1.66. The van der Waals surface area contributed by atoms with Crippen LogP contribution in [0.25, 0.3) is 0 Å². The average Bonchev–Trinajstić information content (AvgIpc) is 3.21. The minimum Gasteiger partial charge on any atom is -0.382 e. The lowest BCUT2D eigenvalue weighted by atomic mass is 10.3. The molecular formula is C13H21N5OS. The topological polar surface area (TPSA) is 65.7 Å². The molecular weight excluding hydrogens is 274 g/mol. The molecule has 1 aromatic rings. The molecule has 2 aliphatic rings. The van der Waals surface area contributed by atoms with E-state index in [1.807, 2.05) is 23.9 Å². The Kier molecular flexibility index (Phi) is 3.55. The number of nitrogens with zero attached hydrogens (tertiary/aromatic N) is 4. The van der Waals surface area contributed by atoms with E-state index in [4.69, 9.17) is 5.73 Å². The van der Waals surface area contributed by atoms with E-state index >= 15 is 0 Å². The maximum absolute atomic E-state index is 12.5. The van der Waals surface area contributed by atoms with Gasteiger partial charge in [0, 0.05) is 46.3 Å². The highest BCUT2D eigenvalue weighted by Gasteiger charge is 2.33. The predicted molar refractivity (Wildman–Crippen MR) is 81.4 cm³/mol. The van der Waals surface area contributed by atoms with E-state index in [1.54, 1.807) is 0 Å². The van der Waals surface area contributed by atoms with Gasteiger partial charge in [0.05, 0.1) is 0 Å². The third-order valence-corrected chi connectivity index (χ3v) is 5.11. The molecule has 1 aliphatic heterocycles. The Morgan fingerprint density at radius 1 is 1.30 bits per heavy atom. The van der Waals surface area contributed by atoms with Gasteiger partial charge in [-0.05, 0) is 12.8 Å². The van der Waals surface area contributed by atoms with Crippen LogP contribution in [0.1, 0.15) is 22.5 Å². The first-order valence-electron chi connectivity index (χ1n) is 7.03. The smallest absolute Gasteiger partial charge is 0.267 e. The zero-order valence-electron chi connectivity index (χ0n) is 12.0. The first kappa shape index (κ1) is 13.6. The molecule has 2 fully saturated rings. The third kappa shape index (κ3) is 2.60. The molecule has 20 heavy (non-hydrogen) atoms. The SMILES string of the molecule is CN(C)c1nc(N)c(C(=O)N2CCN(C3CC3)CC2)s1. The summed E-state index contributed by atoms with van der Waals surface area (Å²) in [7, 11) is 3.81. The molecule has 1 saturated heterocycles. The number of carbonyl (C=O) groups excluding carboxylic acids is 1. The van der Waals surface area contributed by atoms with Gasteiger partial charge in [-0.1, -0.05) is 11.3 Å². The van der Waals surface area contributed by atoms with Crippen molar-refractivity contribution in [1.29, 1.82) is 0 Å². The number of rotatable bonds is 3. The lowest BCUT2D eigenvalue weighted by molar-refractivity contribution is 0.0633. The summed E-state index contributed by atoms with van der Waals surface area (Å²) < 4.78 is 0. The highest BCUT2D eigenvalue weighted by atomic mass is 32.1. The molecule has 2 N–H and O–H groups in total. The van der Waals surface area contributed by atoms with Crippen molar-refractivity contribution >= 4 is 28.2 Å². The molecule has 0 radical (unpaired) electrons. The minimum atomic E-state index is 0.0311. The van der Waals surface area contributed by atoms with Crippen molar-refractivity contribution in [3.05, 3.63) is 4.88 Å². The van der Waals surface area contributed by atoms with E-state index < -0.39 is 0 Å². The summed E-state index contributed by atoms with van der Waals surface area (Å²) in [5.41, 5.74) is 5.89. The largest absolute Gasteiger partial charge is 0.382 e. The predicted octanol–water partition coefficient (Wildman–Crippen LogP) is 0.711. The van der Waals surface area contributed by atoms with Gasteiger partial charge in [-0.25, -0.2) is 4.98 Å². The van der Waals surface area contributed by atoms with Crippen LogP contribution in [0.5, 0.6) is 0 Å². The quantitative estimate of drug-likeness (QED) is 0.890. The van der Waals surface area contributed by atoms with Gasteiger partial charge in [0.2, 0.25) is 0 Å². The Morgan fingerprint density at radius 3 is 2.45 bits per heavy atom. The van der Waals surface area contributed by atoms with Crippen LogP contribution in [0.4, 0.5) is 10.9 Å². The summed E-state index contributed by atoms with van der Waals surface area (Å²) in [6.45, 7) is 3.55. The van der Waals surface area contributed by atoms with E-state index in [-0.39, 0.29) is 5.91 Å². The Hall–Kier alpha value is -1.34. The lowest BCUT2D eigenvalue weighted by Crippen LogP contribution is -2.49. The highest BCUT2D eigenvalue weighted by Crippen LogP contribution is 2.30. The number of piperazine rings is 1. The number of thiazole rings is 1. The molecule has 2 heterocycles. The fourth-order valence-corrected chi connectivity index (χ4v) is 3.41. The van der Waals surface area contributed by atoms with Crippen molar-refractivity contribution in [3.8, 4) is 0 Å². The average molecular weight is 295 g/mol. The highest BCUT2D eigenvalue weighted by molar-refractivity contribution is 7.18. The number of anilines is 2. The van der Waals surface area contributed by atoms with Crippen LogP contribution in [0.3, 0.4) is 0 Å². The normalized spacial score (nSPS) is 20.2. The van der Waals surface area contributed by atoms with E-state index in [2.05, 4.69) is 9.88 Å². The van der Waals surface area contributed by atoms with E-state index in [9.17, 15) is 4.79 Å². The second kappa shape index (κ2) is 5.21. The van der Waals surface area contributed by atoms with E-state index in [0.717, 1.165) is 37.4 Å². The molecule has 110 valence electrons. The van der Waals surface area contributed by atoms with Crippen molar-refractivity contribution < 1.29 is 4.79 Å². The fourth-order valence-electron chi connectivity index (χ4n) is 2.54. The van der Waals surface area contributed by atoms with Gasteiger partial charge in [-0.2, -0.15) is 0 Å². The zero-order chi connectivity index (χ0) is 14.3. The number of hydrogen-bond donors (Lipinski definition) is 1. The monoisotopic (exact) mass is 295 g/mol. The summed E-state index contributed by atoms with van der Waals surface area (Å²) in [4.78, 5) is 23.6. The molecule has 1 aromatic heterocycles. The summed E-state index contributed by atoms with van der Waals surface area (Å²) in [6.07, 6.45) is 2.64. The standard InChI is InChI=1S/C13H21N5OS/c1-16(2)13-15-11(14)10(20-13)12(19)18-7-5-17(6-8-18)9-3-4-9/h9H,3-8,14H2,1-2H3. The van der Waals surface area contributed by atoms with Gasteiger partial charge in [0.25, 0.3) is 5.91 Å². The number of aromatic nitrogens is 1. The van der Waals surface area contributed by atoms with E-state index in [0.29, 0.717) is 10.7 Å². The first-order valence-corrected chi connectivity index (χ1v) is 7.85. The number of hydrogen-bond acceptors (Lipinski definition) is 6. The molecule has 1 saturated carbocycles. The van der Waals surface area contributed by atoms with Crippen molar-refractivity contribution in [2.75, 3.05) is 50.9 Å². The minimum absolute atomic E-state index is 0.0311. The fraction of sp³-hybridized carbons (Fsp3) is 0.692. The Bertz CT molecular complexity index is 503. The van der Waals surface area contributed by atoms with Crippen LogP contribution < -0.4 is 10.6 Å². The van der Waals surface area contributed by atoms with Crippen LogP contribution in [0.15, 0.2) is 0 Å². The van der Waals surface area contributed by atoms with E-state index in [1.165, 1.54) is 24.2 Å². The molecule has 1 amide bonds. The second-order valence-electron chi connectivity index (χ2n) is 5.66. The Morgan fingerprint density at radius 2 is 1.95 bits per heavy atom. The molecule has 0 unspecified atom stereocenters. The summed E-state index contributed by atoms with van der Waals surface area (Å²) >= 11 is 1.37. The number of amides is 1. The molecule has 7 heteroatoms. The van der Waals surface area contributed by atoms with Crippen LogP contribution in [-0.2, 0) is 0 Å². The van der Waals surface area contributed by atoms with Crippen molar-refractivity contribution in [1.82, 2.24) is 14.8 Å². The molecule has 3 rings (SSSR count). The molecule has 6 nitrogen and oxygen atoms in total. The van der Waals surface area contributed by atoms with Gasteiger partial charge in [0.15, 0.2) is 5.13 Å². The van der Waals surface area contributed by atoms with Crippen LogP contribution in [0.2, 0.25) is 0 Å². The second-order valence-corrected chi connectivity index (χ2v) is 6.64. The molecule has 0 atom stereocenters. The zero-order valence-corrected chi connectivity index (χ0v) is 12.8. The first-order chi connectivity index (χ1) is 9.56. The van der Waals surface area contributed by atoms with Gasteiger partial charge < -0.3 is 15.5 Å². The summed E-state index contributed by atoms with van der Waals surface area (Å²) in [6, 6.07) is 0.779. The van der Waals surface area contributed by atoms with Crippen LogP contribution >= 0.6 is 11.3 Å². The number of carbonyl (C=O) groups is 1. The molecule has 1 aliphatic carbocycles. The molecule has 0 spiro atoms. The van der Waals surface area contributed by atoms with Gasteiger partial charge in [0.1, 0.15) is 10.7 Å². The summed E-state index contributed by atoms with van der Waals surface area (Å²) in [5.74, 6) is 0.386. The van der Waals surface area contributed by atoms with Crippen molar-refractivity contribution in [3.63, 3.8) is 0 Å². The van der Waals surface area contributed by atoms with Gasteiger partial charge in [-0.15, -0.1) is 0 Å². The molecule has 0 bridgehead atoms. The van der Waals surface area contributed by atoms with Gasteiger partial charge in [-0.3, -0.25) is 9.69 Å².